The van der Waals surface area contributed by atoms with Crippen LogP contribution in [0.15, 0.2) is 40.9 Å². The number of thiophene rings is 1. The first-order valence-corrected chi connectivity index (χ1v) is 5.99. The van der Waals surface area contributed by atoms with Gasteiger partial charge < -0.3 is 10.3 Å². The lowest BCUT2D eigenvalue weighted by atomic mass is 10.2. The van der Waals surface area contributed by atoms with Gasteiger partial charge in [0.05, 0.1) is 9.88 Å². The minimum atomic E-state index is -0.298. The van der Waals surface area contributed by atoms with Gasteiger partial charge in [0.25, 0.3) is 5.89 Å². The van der Waals surface area contributed by atoms with Gasteiger partial charge in [-0.1, -0.05) is 5.16 Å². The molecule has 0 saturated carbocycles. The lowest BCUT2D eigenvalue weighted by Gasteiger charge is -1.92. The van der Waals surface area contributed by atoms with E-state index < -0.39 is 0 Å². The SMILES string of the molecule is Nc1ccc(-c2nc(-c3ccc(F)cc3)no2)s1. The van der Waals surface area contributed by atoms with E-state index >= 15 is 0 Å². The van der Waals surface area contributed by atoms with Gasteiger partial charge in [0, 0.05) is 5.56 Å². The molecule has 4 nitrogen and oxygen atoms in total. The molecule has 1 aromatic carbocycles. The number of nitrogens with zero attached hydrogens (tertiary/aromatic N) is 2. The molecule has 2 heterocycles. The summed E-state index contributed by atoms with van der Waals surface area (Å²) in [5.74, 6) is 0.543. The normalized spacial score (nSPS) is 10.7. The minimum Gasteiger partial charge on any atom is -0.391 e. The fourth-order valence-electron chi connectivity index (χ4n) is 1.51. The van der Waals surface area contributed by atoms with Crippen molar-refractivity contribution in [2.75, 3.05) is 5.73 Å². The number of hydrogen-bond donors (Lipinski definition) is 1. The first-order valence-electron chi connectivity index (χ1n) is 5.18. The van der Waals surface area contributed by atoms with Crippen molar-refractivity contribution in [2.45, 2.75) is 0 Å². The van der Waals surface area contributed by atoms with E-state index in [2.05, 4.69) is 10.1 Å². The number of hydrogen-bond acceptors (Lipinski definition) is 5. The summed E-state index contributed by atoms with van der Waals surface area (Å²) in [5, 5.41) is 4.55. The molecular formula is C12H8FN3OS. The Balaban J connectivity index is 1.96. The molecule has 90 valence electrons. The number of anilines is 1. The van der Waals surface area contributed by atoms with E-state index in [1.807, 2.05) is 6.07 Å². The number of rotatable bonds is 2. The molecule has 0 aliphatic heterocycles. The highest BCUT2D eigenvalue weighted by molar-refractivity contribution is 7.19. The summed E-state index contributed by atoms with van der Waals surface area (Å²) in [4.78, 5) is 5.06. The molecule has 0 saturated heterocycles. The summed E-state index contributed by atoms with van der Waals surface area (Å²) in [6, 6.07) is 9.52. The van der Waals surface area contributed by atoms with Crippen molar-refractivity contribution in [3.63, 3.8) is 0 Å². The third-order valence-electron chi connectivity index (χ3n) is 2.37. The van der Waals surface area contributed by atoms with Gasteiger partial charge in [-0.25, -0.2) is 4.39 Å². The molecule has 0 aliphatic carbocycles. The second-order valence-corrected chi connectivity index (χ2v) is 4.75. The fourth-order valence-corrected chi connectivity index (χ4v) is 2.20. The Morgan fingerprint density at radius 3 is 2.56 bits per heavy atom. The zero-order chi connectivity index (χ0) is 12.5. The quantitative estimate of drug-likeness (QED) is 0.769. The molecule has 2 aromatic heterocycles. The van der Waals surface area contributed by atoms with Gasteiger partial charge in [0.2, 0.25) is 5.82 Å². The molecule has 0 fully saturated rings. The van der Waals surface area contributed by atoms with Gasteiger partial charge in [-0.15, -0.1) is 11.3 Å². The highest BCUT2D eigenvalue weighted by Gasteiger charge is 2.12. The molecule has 0 unspecified atom stereocenters. The third kappa shape index (κ3) is 1.98. The highest BCUT2D eigenvalue weighted by Crippen LogP contribution is 2.29. The summed E-state index contributed by atoms with van der Waals surface area (Å²) in [5.41, 5.74) is 6.34. The van der Waals surface area contributed by atoms with E-state index in [1.165, 1.54) is 23.5 Å². The van der Waals surface area contributed by atoms with Crippen LogP contribution in [-0.2, 0) is 0 Å². The summed E-state index contributed by atoms with van der Waals surface area (Å²) >= 11 is 1.37. The molecule has 3 rings (SSSR count). The molecule has 6 heteroatoms. The van der Waals surface area contributed by atoms with Crippen LogP contribution < -0.4 is 5.73 Å². The van der Waals surface area contributed by atoms with Gasteiger partial charge in [0.1, 0.15) is 5.82 Å². The van der Waals surface area contributed by atoms with E-state index in [-0.39, 0.29) is 5.82 Å². The molecule has 0 bridgehead atoms. The van der Waals surface area contributed by atoms with Crippen LogP contribution in [-0.4, -0.2) is 10.1 Å². The summed E-state index contributed by atoms with van der Waals surface area (Å²) in [6.45, 7) is 0. The predicted octanol–water partition coefficient (Wildman–Crippen LogP) is 3.19. The third-order valence-corrected chi connectivity index (χ3v) is 3.27. The van der Waals surface area contributed by atoms with Crippen molar-refractivity contribution in [2.24, 2.45) is 0 Å². The van der Waals surface area contributed by atoms with Crippen molar-refractivity contribution in [1.82, 2.24) is 10.1 Å². The molecule has 3 aromatic rings. The Morgan fingerprint density at radius 1 is 1.11 bits per heavy atom. The number of aromatic nitrogens is 2. The Bertz CT molecular complexity index is 675. The highest BCUT2D eigenvalue weighted by atomic mass is 32.1. The summed E-state index contributed by atoms with van der Waals surface area (Å²) in [6.07, 6.45) is 0. The molecule has 0 spiro atoms. The van der Waals surface area contributed by atoms with Gasteiger partial charge in [0.15, 0.2) is 0 Å². The van der Waals surface area contributed by atoms with Crippen molar-refractivity contribution < 1.29 is 8.91 Å². The van der Waals surface area contributed by atoms with Gasteiger partial charge in [-0.3, -0.25) is 0 Å². The van der Waals surface area contributed by atoms with Crippen molar-refractivity contribution >= 4 is 16.3 Å². The molecule has 0 aliphatic rings. The minimum absolute atomic E-state index is 0.298. The van der Waals surface area contributed by atoms with E-state index in [1.54, 1.807) is 18.2 Å². The lowest BCUT2D eigenvalue weighted by molar-refractivity contribution is 0.433. The first-order chi connectivity index (χ1) is 8.72. The largest absolute Gasteiger partial charge is 0.391 e. The summed E-state index contributed by atoms with van der Waals surface area (Å²) in [7, 11) is 0. The standard InChI is InChI=1S/C12H8FN3OS/c13-8-3-1-7(2-4-8)11-15-12(17-16-11)9-5-6-10(14)18-9/h1-6H,14H2. The smallest absolute Gasteiger partial charge is 0.268 e. The Labute approximate surface area is 106 Å². The monoisotopic (exact) mass is 261 g/mol. The van der Waals surface area contributed by atoms with Gasteiger partial charge in [-0.2, -0.15) is 4.98 Å². The average molecular weight is 261 g/mol. The zero-order valence-corrected chi connectivity index (χ0v) is 9.95. The Hall–Kier alpha value is -2.21. The van der Waals surface area contributed by atoms with Gasteiger partial charge in [-0.05, 0) is 36.4 Å². The maximum atomic E-state index is 12.8. The number of nitrogen functional groups attached to an aromatic ring is 1. The first kappa shape index (κ1) is 10.9. The molecule has 0 atom stereocenters. The molecular weight excluding hydrogens is 253 g/mol. The molecule has 2 N–H and O–H groups in total. The van der Waals surface area contributed by atoms with E-state index in [9.17, 15) is 4.39 Å². The van der Waals surface area contributed by atoms with Crippen LogP contribution >= 0.6 is 11.3 Å². The topological polar surface area (TPSA) is 64.9 Å². The van der Waals surface area contributed by atoms with Crippen LogP contribution in [0.1, 0.15) is 0 Å². The van der Waals surface area contributed by atoms with Crippen molar-refractivity contribution in [1.29, 1.82) is 0 Å². The number of benzene rings is 1. The van der Waals surface area contributed by atoms with Crippen LogP contribution in [0.25, 0.3) is 22.2 Å². The molecule has 18 heavy (non-hydrogen) atoms. The van der Waals surface area contributed by atoms with E-state index in [4.69, 9.17) is 10.3 Å². The van der Waals surface area contributed by atoms with Crippen LogP contribution in [0, 0.1) is 5.82 Å². The number of nitrogens with two attached hydrogens (primary N) is 1. The van der Waals surface area contributed by atoms with Crippen molar-refractivity contribution in [3.8, 4) is 22.2 Å². The fraction of sp³-hybridized carbons (Fsp3) is 0. The number of halogens is 1. The van der Waals surface area contributed by atoms with Crippen LogP contribution in [0.4, 0.5) is 9.39 Å². The Morgan fingerprint density at radius 2 is 1.89 bits per heavy atom. The maximum Gasteiger partial charge on any atom is 0.268 e. The van der Waals surface area contributed by atoms with E-state index in [0.29, 0.717) is 22.3 Å². The van der Waals surface area contributed by atoms with Gasteiger partial charge >= 0.3 is 0 Å². The van der Waals surface area contributed by atoms with Crippen LogP contribution in [0.2, 0.25) is 0 Å². The second kappa shape index (κ2) is 4.23. The van der Waals surface area contributed by atoms with Crippen LogP contribution in [0.5, 0.6) is 0 Å². The average Bonchev–Trinajstić information content (AvgIpc) is 2.98. The molecule has 0 radical (unpaired) electrons. The molecule has 0 amide bonds. The van der Waals surface area contributed by atoms with Crippen molar-refractivity contribution in [3.05, 3.63) is 42.2 Å². The second-order valence-electron chi connectivity index (χ2n) is 3.63. The maximum absolute atomic E-state index is 12.8. The summed E-state index contributed by atoms with van der Waals surface area (Å²) < 4.78 is 17.9. The Kier molecular flexibility index (Phi) is 2.56. The van der Waals surface area contributed by atoms with E-state index in [0.717, 1.165) is 4.88 Å². The lowest BCUT2D eigenvalue weighted by Crippen LogP contribution is -1.81. The van der Waals surface area contributed by atoms with Crippen LogP contribution in [0.3, 0.4) is 0 Å². The predicted molar refractivity (Wildman–Crippen MR) is 67.4 cm³/mol. The zero-order valence-electron chi connectivity index (χ0n) is 9.13.